The third kappa shape index (κ3) is 3.74. The molecule has 0 aromatic carbocycles. The molecule has 0 fully saturated rings. The molecule has 2 aromatic rings. The second-order valence-corrected chi connectivity index (χ2v) is 7.74. The van der Waals surface area contributed by atoms with E-state index in [2.05, 4.69) is 28.8 Å². The first-order valence-corrected chi connectivity index (χ1v) is 9.33. The molecule has 0 bridgehead atoms. The average molecular weight is 339 g/mol. The number of anilines is 1. The van der Waals surface area contributed by atoms with Crippen LogP contribution in [0.15, 0.2) is 17.2 Å². The molecule has 2 rings (SSSR count). The summed E-state index contributed by atoms with van der Waals surface area (Å²) in [7, 11) is -3.69. The molecule has 0 amide bonds. The van der Waals surface area contributed by atoms with Crippen LogP contribution in [0, 0.1) is 19.8 Å². The van der Waals surface area contributed by atoms with E-state index in [9.17, 15) is 8.42 Å². The highest BCUT2D eigenvalue weighted by molar-refractivity contribution is 7.92. The number of aryl methyl sites for hydroxylation is 2. The number of rotatable bonds is 7. The van der Waals surface area contributed by atoms with Gasteiger partial charge in [0.1, 0.15) is 10.7 Å². The van der Waals surface area contributed by atoms with E-state index < -0.39 is 10.0 Å². The molecular formula is C15H25N5O2S. The molecule has 2 aromatic heterocycles. The number of aromatic nitrogens is 4. The smallest absolute Gasteiger partial charge is 0.266 e. The SMILES string of the molecule is CCCn1nccc1NS(=O)(=O)c1c(C)nn(CC(C)C)c1C. The van der Waals surface area contributed by atoms with Gasteiger partial charge in [-0.2, -0.15) is 10.2 Å². The Bertz CT molecular complexity index is 774. The van der Waals surface area contributed by atoms with Gasteiger partial charge in [0.2, 0.25) is 0 Å². The summed E-state index contributed by atoms with van der Waals surface area (Å²) in [5, 5.41) is 8.52. The van der Waals surface area contributed by atoms with Crippen molar-refractivity contribution in [3.05, 3.63) is 23.7 Å². The van der Waals surface area contributed by atoms with E-state index in [4.69, 9.17) is 0 Å². The normalized spacial score (nSPS) is 12.1. The van der Waals surface area contributed by atoms with Gasteiger partial charge in [-0.05, 0) is 26.2 Å². The fraction of sp³-hybridized carbons (Fsp3) is 0.600. The first-order valence-electron chi connectivity index (χ1n) is 7.85. The molecule has 0 saturated carbocycles. The van der Waals surface area contributed by atoms with E-state index in [1.165, 1.54) is 0 Å². The van der Waals surface area contributed by atoms with Gasteiger partial charge < -0.3 is 0 Å². The summed E-state index contributed by atoms with van der Waals surface area (Å²) in [5.74, 6) is 0.866. The zero-order chi connectivity index (χ0) is 17.2. The minimum Gasteiger partial charge on any atom is -0.268 e. The molecule has 0 aliphatic carbocycles. The third-order valence-electron chi connectivity index (χ3n) is 3.51. The Hall–Kier alpha value is -1.83. The van der Waals surface area contributed by atoms with Crippen LogP contribution in [-0.4, -0.2) is 28.0 Å². The largest absolute Gasteiger partial charge is 0.268 e. The van der Waals surface area contributed by atoms with E-state index in [0.29, 0.717) is 36.2 Å². The summed E-state index contributed by atoms with van der Waals surface area (Å²) in [6.45, 7) is 11.0. The van der Waals surface area contributed by atoms with Gasteiger partial charge >= 0.3 is 0 Å². The van der Waals surface area contributed by atoms with Crippen molar-refractivity contribution in [3.63, 3.8) is 0 Å². The number of nitrogens with zero attached hydrogens (tertiary/aromatic N) is 4. The molecule has 0 aliphatic heterocycles. The Kier molecular flexibility index (Phi) is 5.13. The lowest BCUT2D eigenvalue weighted by Crippen LogP contribution is -2.18. The lowest BCUT2D eigenvalue weighted by Gasteiger charge is -2.11. The monoisotopic (exact) mass is 339 g/mol. The van der Waals surface area contributed by atoms with Crippen molar-refractivity contribution in [3.8, 4) is 0 Å². The fourth-order valence-electron chi connectivity index (χ4n) is 2.59. The van der Waals surface area contributed by atoms with Crippen LogP contribution in [0.1, 0.15) is 38.6 Å². The van der Waals surface area contributed by atoms with E-state index in [1.54, 1.807) is 35.5 Å². The van der Waals surface area contributed by atoms with Gasteiger partial charge in [0.25, 0.3) is 10.0 Å². The number of hydrogen-bond acceptors (Lipinski definition) is 4. The number of sulfonamides is 1. The molecule has 1 N–H and O–H groups in total. The highest BCUT2D eigenvalue weighted by Gasteiger charge is 2.25. The topological polar surface area (TPSA) is 81.8 Å². The highest BCUT2D eigenvalue weighted by atomic mass is 32.2. The minimum absolute atomic E-state index is 0.252. The summed E-state index contributed by atoms with van der Waals surface area (Å²) in [6, 6.07) is 1.66. The van der Waals surface area contributed by atoms with Crippen LogP contribution in [-0.2, 0) is 23.1 Å². The van der Waals surface area contributed by atoms with Gasteiger partial charge in [-0.15, -0.1) is 0 Å². The van der Waals surface area contributed by atoms with Crippen molar-refractivity contribution in [1.82, 2.24) is 19.6 Å². The fourth-order valence-corrected chi connectivity index (χ4v) is 4.07. The van der Waals surface area contributed by atoms with Crippen molar-refractivity contribution in [2.24, 2.45) is 5.92 Å². The molecule has 128 valence electrons. The Morgan fingerprint density at radius 1 is 1.26 bits per heavy atom. The molecule has 0 saturated heterocycles. The molecule has 8 heteroatoms. The van der Waals surface area contributed by atoms with Gasteiger partial charge in [0.15, 0.2) is 0 Å². The van der Waals surface area contributed by atoms with Crippen LogP contribution >= 0.6 is 0 Å². The minimum atomic E-state index is -3.69. The van der Waals surface area contributed by atoms with Crippen LogP contribution < -0.4 is 4.72 Å². The number of hydrogen-bond donors (Lipinski definition) is 1. The van der Waals surface area contributed by atoms with Gasteiger partial charge in [-0.3, -0.25) is 9.40 Å². The van der Waals surface area contributed by atoms with E-state index >= 15 is 0 Å². The summed E-state index contributed by atoms with van der Waals surface area (Å²) in [4.78, 5) is 0.252. The molecule has 2 heterocycles. The molecule has 0 unspecified atom stereocenters. The van der Waals surface area contributed by atoms with Crippen LogP contribution in [0.2, 0.25) is 0 Å². The van der Waals surface area contributed by atoms with Crippen LogP contribution in [0.4, 0.5) is 5.82 Å². The predicted octanol–water partition coefficient (Wildman–Crippen LogP) is 2.56. The Morgan fingerprint density at radius 3 is 2.57 bits per heavy atom. The zero-order valence-corrected chi connectivity index (χ0v) is 15.2. The highest BCUT2D eigenvalue weighted by Crippen LogP contribution is 2.23. The molecule has 0 atom stereocenters. The Morgan fingerprint density at radius 2 is 1.96 bits per heavy atom. The summed E-state index contributed by atoms with van der Waals surface area (Å²) in [5.41, 5.74) is 1.17. The second-order valence-electron chi connectivity index (χ2n) is 6.12. The lowest BCUT2D eigenvalue weighted by atomic mass is 10.2. The van der Waals surface area contributed by atoms with Crippen molar-refractivity contribution in [2.75, 3.05) is 4.72 Å². The molecule has 0 radical (unpaired) electrons. The number of nitrogens with one attached hydrogen (secondary N) is 1. The van der Waals surface area contributed by atoms with Gasteiger partial charge in [0.05, 0.1) is 17.6 Å². The summed E-state index contributed by atoms with van der Waals surface area (Å²) in [6.07, 6.45) is 2.47. The van der Waals surface area contributed by atoms with Crippen LogP contribution in [0.3, 0.4) is 0 Å². The van der Waals surface area contributed by atoms with Crippen molar-refractivity contribution in [1.29, 1.82) is 0 Å². The van der Waals surface area contributed by atoms with Crippen LogP contribution in [0.25, 0.3) is 0 Å². The Balaban J connectivity index is 2.36. The standard InChI is InChI=1S/C15H25N5O2S/c1-6-9-19-14(7-8-16-19)18-23(21,22)15-12(4)17-20(13(15)5)10-11(2)3/h7-8,11,18H,6,9-10H2,1-5H3. The maximum absolute atomic E-state index is 12.8. The van der Waals surface area contributed by atoms with E-state index in [0.717, 1.165) is 6.42 Å². The molecule has 0 spiro atoms. The zero-order valence-electron chi connectivity index (χ0n) is 14.4. The molecular weight excluding hydrogens is 314 g/mol. The summed E-state index contributed by atoms with van der Waals surface area (Å²) < 4.78 is 31.6. The second kappa shape index (κ2) is 6.74. The van der Waals surface area contributed by atoms with Gasteiger partial charge in [0, 0.05) is 19.2 Å². The quantitative estimate of drug-likeness (QED) is 0.840. The molecule has 0 aliphatic rings. The predicted molar refractivity (Wildman–Crippen MR) is 89.9 cm³/mol. The van der Waals surface area contributed by atoms with Crippen molar-refractivity contribution >= 4 is 15.8 Å². The lowest BCUT2D eigenvalue weighted by molar-refractivity contribution is 0.472. The van der Waals surface area contributed by atoms with Crippen LogP contribution in [0.5, 0.6) is 0 Å². The Labute approximate surface area is 137 Å². The first-order chi connectivity index (χ1) is 10.8. The average Bonchev–Trinajstić information content (AvgIpc) is 2.95. The molecule has 23 heavy (non-hydrogen) atoms. The first kappa shape index (κ1) is 17.5. The molecule has 7 nitrogen and oxygen atoms in total. The van der Waals surface area contributed by atoms with E-state index in [1.807, 2.05) is 6.92 Å². The van der Waals surface area contributed by atoms with Crippen molar-refractivity contribution in [2.45, 2.75) is 59.0 Å². The maximum atomic E-state index is 12.8. The summed E-state index contributed by atoms with van der Waals surface area (Å²) >= 11 is 0. The van der Waals surface area contributed by atoms with E-state index in [-0.39, 0.29) is 4.90 Å². The third-order valence-corrected chi connectivity index (χ3v) is 5.12. The van der Waals surface area contributed by atoms with Gasteiger partial charge in [-0.1, -0.05) is 20.8 Å². The van der Waals surface area contributed by atoms with Crippen molar-refractivity contribution < 1.29 is 8.42 Å². The van der Waals surface area contributed by atoms with Gasteiger partial charge in [-0.25, -0.2) is 13.1 Å². The maximum Gasteiger partial charge on any atom is 0.266 e.